The van der Waals surface area contributed by atoms with E-state index in [9.17, 15) is 4.79 Å². The molecule has 0 aromatic carbocycles. The van der Waals surface area contributed by atoms with E-state index in [1.54, 1.807) is 11.6 Å². The first-order chi connectivity index (χ1) is 9.38. The lowest BCUT2D eigenvalue weighted by Gasteiger charge is -2.14. The number of aryl methyl sites for hydroxylation is 3. The van der Waals surface area contributed by atoms with Crippen LogP contribution in [0.3, 0.4) is 0 Å². The van der Waals surface area contributed by atoms with Crippen LogP contribution in [0.2, 0.25) is 0 Å². The molecule has 0 radical (unpaired) electrons. The van der Waals surface area contributed by atoms with E-state index >= 15 is 0 Å². The monoisotopic (exact) mass is 274 g/mol. The fourth-order valence-electron chi connectivity index (χ4n) is 2.10. The highest BCUT2D eigenvalue weighted by molar-refractivity contribution is 5.95. The molecule has 0 aliphatic rings. The van der Waals surface area contributed by atoms with E-state index in [1.165, 1.54) is 6.20 Å². The molecule has 0 bridgehead atoms. The lowest BCUT2D eigenvalue weighted by atomic mass is 10.1. The average molecular weight is 274 g/mol. The summed E-state index contributed by atoms with van der Waals surface area (Å²) in [6, 6.07) is -0.145. The van der Waals surface area contributed by atoms with Crippen molar-refractivity contribution in [1.29, 1.82) is 0 Å². The Morgan fingerprint density at radius 3 is 2.65 bits per heavy atom. The first-order valence-electron chi connectivity index (χ1n) is 6.28. The summed E-state index contributed by atoms with van der Waals surface area (Å²) in [5.74, 6) is -0.0616. The molecule has 20 heavy (non-hydrogen) atoms. The lowest BCUT2D eigenvalue weighted by Crippen LogP contribution is -2.28. The van der Waals surface area contributed by atoms with Crippen LogP contribution in [0, 0.1) is 13.8 Å². The summed E-state index contributed by atoms with van der Waals surface area (Å²) in [5, 5.41) is 7.18. The number of anilines is 1. The molecule has 2 heterocycles. The highest BCUT2D eigenvalue weighted by Gasteiger charge is 2.17. The standard InChI is InChI=1S/C13H18N6O/c1-7-10(5-15-13(14)17-7)12(20)16-8(2)11-6-19(4)18-9(11)3/h5-6,8H,1-4H3,(H,16,20)(H2,14,15,17)/t8-/m0/s1. The Hall–Kier alpha value is -2.44. The lowest BCUT2D eigenvalue weighted by molar-refractivity contribution is 0.0938. The van der Waals surface area contributed by atoms with Gasteiger partial charge in [0.25, 0.3) is 5.91 Å². The number of hydrogen-bond acceptors (Lipinski definition) is 5. The van der Waals surface area contributed by atoms with Crippen LogP contribution in [-0.2, 0) is 7.05 Å². The summed E-state index contributed by atoms with van der Waals surface area (Å²) in [6.45, 7) is 5.55. The molecule has 0 spiro atoms. The number of rotatable bonds is 3. The van der Waals surface area contributed by atoms with E-state index in [0.717, 1.165) is 11.3 Å². The second-order valence-corrected chi connectivity index (χ2v) is 4.77. The molecule has 2 aromatic heterocycles. The zero-order chi connectivity index (χ0) is 14.9. The Labute approximate surface area is 117 Å². The Balaban J connectivity index is 2.17. The third-order valence-electron chi connectivity index (χ3n) is 3.11. The van der Waals surface area contributed by atoms with Crippen LogP contribution >= 0.6 is 0 Å². The van der Waals surface area contributed by atoms with E-state index in [2.05, 4.69) is 20.4 Å². The molecule has 7 heteroatoms. The summed E-state index contributed by atoms with van der Waals surface area (Å²) < 4.78 is 1.73. The minimum Gasteiger partial charge on any atom is -0.368 e. The highest BCUT2D eigenvalue weighted by atomic mass is 16.1. The number of aromatic nitrogens is 4. The normalized spacial score (nSPS) is 12.2. The Bertz CT molecular complexity index is 648. The van der Waals surface area contributed by atoms with Crippen molar-refractivity contribution in [3.8, 4) is 0 Å². The number of nitrogens with zero attached hydrogens (tertiary/aromatic N) is 4. The molecule has 0 saturated carbocycles. The van der Waals surface area contributed by atoms with E-state index in [4.69, 9.17) is 5.73 Å². The molecule has 106 valence electrons. The number of hydrogen-bond donors (Lipinski definition) is 2. The number of nitrogen functional groups attached to an aromatic ring is 1. The van der Waals surface area contributed by atoms with Crippen LogP contribution in [0.5, 0.6) is 0 Å². The van der Waals surface area contributed by atoms with Crippen molar-refractivity contribution in [2.45, 2.75) is 26.8 Å². The molecule has 0 aliphatic heterocycles. The molecule has 0 fully saturated rings. The Morgan fingerprint density at radius 1 is 1.40 bits per heavy atom. The van der Waals surface area contributed by atoms with Gasteiger partial charge in [-0.1, -0.05) is 0 Å². The van der Waals surface area contributed by atoms with Crippen molar-refractivity contribution in [2.24, 2.45) is 7.05 Å². The largest absolute Gasteiger partial charge is 0.368 e. The van der Waals surface area contributed by atoms with Gasteiger partial charge in [0.05, 0.1) is 23.0 Å². The van der Waals surface area contributed by atoms with E-state index in [0.29, 0.717) is 11.3 Å². The summed E-state index contributed by atoms with van der Waals surface area (Å²) in [4.78, 5) is 20.1. The summed E-state index contributed by atoms with van der Waals surface area (Å²) in [6.07, 6.45) is 3.34. The van der Waals surface area contributed by atoms with Crippen molar-refractivity contribution < 1.29 is 4.79 Å². The number of nitrogens with one attached hydrogen (secondary N) is 1. The number of nitrogens with two attached hydrogens (primary N) is 1. The molecule has 2 aromatic rings. The quantitative estimate of drug-likeness (QED) is 0.866. The Kier molecular flexibility index (Phi) is 3.69. The molecule has 1 atom stereocenters. The first kappa shape index (κ1) is 14.0. The van der Waals surface area contributed by atoms with E-state index < -0.39 is 0 Å². The van der Waals surface area contributed by atoms with Crippen molar-refractivity contribution in [3.63, 3.8) is 0 Å². The van der Waals surface area contributed by atoms with Crippen molar-refractivity contribution in [2.75, 3.05) is 5.73 Å². The number of carbonyl (C=O) groups excluding carboxylic acids is 1. The van der Waals surface area contributed by atoms with Gasteiger partial charge in [-0.25, -0.2) is 9.97 Å². The van der Waals surface area contributed by atoms with Crippen molar-refractivity contribution in [1.82, 2.24) is 25.1 Å². The number of carbonyl (C=O) groups is 1. The molecule has 1 amide bonds. The third kappa shape index (κ3) is 2.76. The number of amides is 1. The summed E-state index contributed by atoms with van der Waals surface area (Å²) in [5.41, 5.74) is 8.34. The fourth-order valence-corrected chi connectivity index (χ4v) is 2.10. The SMILES string of the molecule is Cc1nc(N)ncc1C(=O)N[C@@H](C)c1cn(C)nc1C. The molecule has 7 nitrogen and oxygen atoms in total. The maximum atomic E-state index is 12.2. The smallest absolute Gasteiger partial charge is 0.255 e. The predicted octanol–water partition coefficient (Wildman–Crippen LogP) is 0.900. The van der Waals surface area contributed by atoms with Gasteiger partial charge in [0.15, 0.2) is 0 Å². The van der Waals surface area contributed by atoms with Gasteiger partial charge in [-0.05, 0) is 20.8 Å². The zero-order valence-electron chi connectivity index (χ0n) is 12.0. The second kappa shape index (κ2) is 5.28. The van der Waals surface area contributed by atoms with Gasteiger partial charge in [-0.2, -0.15) is 5.10 Å². The van der Waals surface area contributed by atoms with Crippen LogP contribution in [0.25, 0.3) is 0 Å². The molecular weight excluding hydrogens is 256 g/mol. The maximum absolute atomic E-state index is 12.2. The van der Waals surface area contributed by atoms with Crippen molar-refractivity contribution in [3.05, 3.63) is 34.9 Å². The minimum atomic E-state index is -0.224. The van der Waals surface area contributed by atoms with Crippen LogP contribution in [0.1, 0.15) is 40.3 Å². The van der Waals surface area contributed by atoms with Crippen molar-refractivity contribution >= 4 is 11.9 Å². The molecule has 0 unspecified atom stereocenters. The summed E-state index contributed by atoms with van der Waals surface area (Å²) in [7, 11) is 1.85. The van der Waals surface area contributed by atoms with Crippen LogP contribution in [0.15, 0.2) is 12.4 Å². The van der Waals surface area contributed by atoms with Crippen LogP contribution in [0.4, 0.5) is 5.95 Å². The third-order valence-corrected chi connectivity index (χ3v) is 3.11. The van der Waals surface area contributed by atoms with Crippen LogP contribution < -0.4 is 11.1 Å². The molecule has 0 saturated heterocycles. The van der Waals surface area contributed by atoms with E-state index in [-0.39, 0.29) is 17.9 Å². The summed E-state index contributed by atoms with van der Waals surface area (Å²) >= 11 is 0. The minimum absolute atomic E-state index is 0.145. The van der Waals surface area contributed by atoms with Gasteiger partial charge in [0.2, 0.25) is 5.95 Å². The second-order valence-electron chi connectivity index (χ2n) is 4.77. The first-order valence-corrected chi connectivity index (χ1v) is 6.28. The molecule has 0 aliphatic carbocycles. The Morgan fingerprint density at radius 2 is 2.10 bits per heavy atom. The topological polar surface area (TPSA) is 98.7 Å². The molecule has 2 rings (SSSR count). The fraction of sp³-hybridized carbons (Fsp3) is 0.385. The van der Waals surface area contributed by atoms with Gasteiger partial charge in [-0.15, -0.1) is 0 Å². The van der Waals surface area contributed by atoms with E-state index in [1.807, 2.05) is 27.1 Å². The highest BCUT2D eigenvalue weighted by Crippen LogP contribution is 2.16. The average Bonchev–Trinajstić information content (AvgIpc) is 2.68. The predicted molar refractivity (Wildman–Crippen MR) is 75.0 cm³/mol. The van der Waals surface area contributed by atoms with Gasteiger partial charge < -0.3 is 11.1 Å². The molecule has 3 N–H and O–H groups in total. The molecular formula is C13H18N6O. The maximum Gasteiger partial charge on any atom is 0.255 e. The van der Waals surface area contributed by atoms with Crippen LogP contribution in [-0.4, -0.2) is 25.7 Å². The van der Waals surface area contributed by atoms with Gasteiger partial charge in [0.1, 0.15) is 0 Å². The van der Waals surface area contributed by atoms with Gasteiger partial charge in [0, 0.05) is 25.0 Å². The van der Waals surface area contributed by atoms with Gasteiger partial charge in [-0.3, -0.25) is 9.48 Å². The zero-order valence-corrected chi connectivity index (χ0v) is 12.0. The van der Waals surface area contributed by atoms with Gasteiger partial charge >= 0.3 is 0 Å².